The van der Waals surface area contributed by atoms with Crippen molar-refractivity contribution < 1.29 is 0 Å². The lowest BCUT2D eigenvalue weighted by Gasteiger charge is -2.26. The summed E-state index contributed by atoms with van der Waals surface area (Å²) in [5, 5.41) is 13.3. The van der Waals surface area contributed by atoms with E-state index in [2.05, 4.69) is 157 Å². The molecule has 0 atom stereocenters. The minimum atomic E-state index is 1.16. The van der Waals surface area contributed by atoms with Gasteiger partial charge in [0.05, 0.1) is 5.69 Å². The fraction of sp³-hybridized carbons (Fsp3) is 0. The number of para-hydroxylation sites is 1. The Kier molecular flexibility index (Phi) is 5.64. The van der Waals surface area contributed by atoms with Crippen LogP contribution in [0.4, 0.5) is 17.1 Å². The molecule has 1 nitrogen and oxygen atoms in total. The summed E-state index contributed by atoms with van der Waals surface area (Å²) in [6, 6.07) is 56.1. The van der Waals surface area contributed by atoms with Crippen molar-refractivity contribution in [2.24, 2.45) is 0 Å². The summed E-state index contributed by atoms with van der Waals surface area (Å²) in [7, 11) is 0. The van der Waals surface area contributed by atoms with Gasteiger partial charge in [-0.25, -0.2) is 0 Å². The molecule has 48 heavy (non-hydrogen) atoms. The van der Waals surface area contributed by atoms with E-state index in [-0.39, 0.29) is 0 Å². The number of benzene rings is 8. The van der Waals surface area contributed by atoms with E-state index in [0.29, 0.717) is 0 Å². The highest BCUT2D eigenvalue weighted by Crippen LogP contribution is 2.51. The minimum Gasteiger partial charge on any atom is -0.310 e. The Labute approximate surface area is 288 Å². The van der Waals surface area contributed by atoms with E-state index >= 15 is 0 Å². The number of nitrogens with zero attached hydrogens (tertiary/aromatic N) is 1. The van der Waals surface area contributed by atoms with Crippen molar-refractivity contribution in [2.45, 2.75) is 0 Å². The first-order valence-corrected chi connectivity index (χ1v) is 18.6. The largest absolute Gasteiger partial charge is 0.310 e. The number of anilines is 3. The van der Waals surface area contributed by atoms with Gasteiger partial charge in [0, 0.05) is 71.9 Å². The molecule has 0 saturated carbocycles. The lowest BCUT2D eigenvalue weighted by atomic mass is 10.0. The van der Waals surface area contributed by atoms with Crippen molar-refractivity contribution in [3.8, 4) is 0 Å². The van der Waals surface area contributed by atoms with Crippen molar-refractivity contribution in [3.05, 3.63) is 152 Å². The van der Waals surface area contributed by atoms with Crippen LogP contribution in [-0.4, -0.2) is 0 Å². The highest BCUT2D eigenvalue weighted by molar-refractivity contribution is 7.28. The molecule has 3 aromatic heterocycles. The topological polar surface area (TPSA) is 3.24 Å². The molecule has 0 bridgehead atoms. The Morgan fingerprint density at radius 1 is 0.333 bits per heavy atom. The fourth-order valence-electron chi connectivity index (χ4n) is 7.71. The van der Waals surface area contributed by atoms with Gasteiger partial charge in [0.15, 0.2) is 0 Å². The molecule has 0 aliphatic rings. The molecule has 0 unspecified atom stereocenters. The summed E-state index contributed by atoms with van der Waals surface area (Å²) in [5.41, 5.74) is 3.54. The van der Waals surface area contributed by atoms with E-state index in [9.17, 15) is 0 Å². The molecule has 0 spiro atoms. The van der Waals surface area contributed by atoms with Gasteiger partial charge in [-0.1, -0.05) is 103 Å². The van der Waals surface area contributed by atoms with E-state index < -0.39 is 0 Å². The third-order valence-corrected chi connectivity index (χ3v) is 13.4. The lowest BCUT2D eigenvalue weighted by molar-refractivity contribution is 1.31. The zero-order valence-electron chi connectivity index (χ0n) is 25.6. The Bertz CT molecular complexity index is 3070. The molecule has 224 valence electrons. The predicted molar refractivity (Wildman–Crippen MR) is 215 cm³/mol. The van der Waals surface area contributed by atoms with Gasteiger partial charge < -0.3 is 4.90 Å². The smallest absolute Gasteiger partial charge is 0.0555 e. The van der Waals surface area contributed by atoms with E-state index in [0.717, 1.165) is 5.69 Å². The SMILES string of the molecule is c1ccc(N(c2ccc3c(c2)sc2c4ccccc4ccc32)c2cccc3sc4ccc5sc6c7ccccc7ccc6c5c4c23)cc1. The van der Waals surface area contributed by atoms with Crippen LogP contribution in [0.1, 0.15) is 0 Å². The van der Waals surface area contributed by atoms with Crippen LogP contribution >= 0.6 is 34.0 Å². The number of fused-ring (bicyclic) bond motifs is 14. The molecular weight excluding hydrogens is 639 g/mol. The molecule has 0 radical (unpaired) electrons. The van der Waals surface area contributed by atoms with Crippen LogP contribution < -0.4 is 4.90 Å². The van der Waals surface area contributed by atoms with Gasteiger partial charge in [-0.2, -0.15) is 0 Å². The predicted octanol–water partition coefficient (Wildman–Crippen LogP) is 14.6. The normalized spacial score (nSPS) is 12.2. The fourth-order valence-corrected chi connectivity index (χ4v) is 11.4. The van der Waals surface area contributed by atoms with Crippen molar-refractivity contribution >= 4 is 133 Å². The van der Waals surface area contributed by atoms with E-state index in [1.165, 1.54) is 93.4 Å². The van der Waals surface area contributed by atoms with E-state index in [4.69, 9.17) is 0 Å². The molecule has 0 aliphatic heterocycles. The van der Waals surface area contributed by atoms with Gasteiger partial charge in [0.2, 0.25) is 0 Å². The van der Waals surface area contributed by atoms with Gasteiger partial charge in [0.25, 0.3) is 0 Å². The maximum atomic E-state index is 2.47. The monoisotopic (exact) mass is 663 g/mol. The Morgan fingerprint density at radius 2 is 0.958 bits per heavy atom. The molecule has 0 fully saturated rings. The number of rotatable bonds is 3. The summed E-state index contributed by atoms with van der Waals surface area (Å²) in [6.07, 6.45) is 0. The van der Waals surface area contributed by atoms with Crippen LogP contribution in [0.2, 0.25) is 0 Å². The van der Waals surface area contributed by atoms with Crippen LogP contribution in [0.15, 0.2) is 152 Å². The molecule has 11 aromatic rings. The molecule has 0 N–H and O–H groups in total. The van der Waals surface area contributed by atoms with Crippen molar-refractivity contribution in [2.75, 3.05) is 4.90 Å². The van der Waals surface area contributed by atoms with Crippen LogP contribution in [-0.2, 0) is 0 Å². The lowest BCUT2D eigenvalue weighted by Crippen LogP contribution is -2.10. The van der Waals surface area contributed by atoms with Gasteiger partial charge in [-0.15, -0.1) is 34.0 Å². The zero-order valence-corrected chi connectivity index (χ0v) is 28.1. The van der Waals surface area contributed by atoms with Gasteiger partial charge in [-0.3, -0.25) is 0 Å². The Hall–Kier alpha value is -5.26. The summed E-state index contributed by atoms with van der Waals surface area (Å²) < 4.78 is 8.02. The second-order valence-electron chi connectivity index (χ2n) is 12.4. The van der Waals surface area contributed by atoms with Crippen LogP contribution in [0.3, 0.4) is 0 Å². The Balaban J connectivity index is 1.22. The van der Waals surface area contributed by atoms with E-state index in [1.807, 2.05) is 34.0 Å². The Morgan fingerprint density at radius 3 is 1.75 bits per heavy atom. The number of thiophene rings is 3. The molecular formula is C44H25NS3. The minimum absolute atomic E-state index is 1.16. The molecule has 8 aromatic carbocycles. The highest BCUT2D eigenvalue weighted by Gasteiger charge is 2.22. The zero-order chi connectivity index (χ0) is 31.3. The molecule has 0 amide bonds. The summed E-state index contributed by atoms with van der Waals surface area (Å²) in [6.45, 7) is 0. The molecule has 3 heterocycles. The van der Waals surface area contributed by atoms with Crippen molar-refractivity contribution in [1.82, 2.24) is 0 Å². The number of hydrogen-bond donors (Lipinski definition) is 0. The summed E-state index contributed by atoms with van der Waals surface area (Å²) in [4.78, 5) is 2.47. The van der Waals surface area contributed by atoms with Crippen molar-refractivity contribution in [1.29, 1.82) is 0 Å². The van der Waals surface area contributed by atoms with Crippen molar-refractivity contribution in [3.63, 3.8) is 0 Å². The average molecular weight is 664 g/mol. The second kappa shape index (κ2) is 10.1. The highest BCUT2D eigenvalue weighted by atomic mass is 32.1. The molecule has 11 rings (SSSR count). The standard InChI is InChI=1S/C44H25NS3/c1-2-11-28(12-3-1)45(29-19-22-32-33-20-17-26-9-4-6-13-30(26)43(33)48-39(32)25-29)35-15-8-16-36-41(35)42-38(46-36)24-23-37-40(42)34-21-18-27-10-5-7-14-31(27)44(34)47-37/h1-25H. The first-order valence-electron chi connectivity index (χ1n) is 16.2. The first-order chi connectivity index (χ1) is 23.8. The van der Waals surface area contributed by atoms with Crippen LogP contribution in [0.25, 0.3) is 82.1 Å². The molecule has 0 saturated heterocycles. The van der Waals surface area contributed by atoms with Crippen LogP contribution in [0.5, 0.6) is 0 Å². The second-order valence-corrected chi connectivity index (χ2v) is 15.6. The third kappa shape index (κ3) is 3.76. The van der Waals surface area contributed by atoms with Gasteiger partial charge in [0.1, 0.15) is 0 Å². The van der Waals surface area contributed by atoms with Gasteiger partial charge in [-0.05, 0) is 70.1 Å². The number of hydrogen-bond acceptors (Lipinski definition) is 4. The van der Waals surface area contributed by atoms with E-state index in [1.54, 1.807) is 0 Å². The van der Waals surface area contributed by atoms with Crippen LogP contribution in [0, 0.1) is 0 Å². The summed E-state index contributed by atoms with van der Waals surface area (Å²) >= 11 is 5.73. The molecule has 4 heteroatoms. The first kappa shape index (κ1) is 26.8. The van der Waals surface area contributed by atoms with Gasteiger partial charge >= 0.3 is 0 Å². The quantitative estimate of drug-likeness (QED) is 0.182. The maximum absolute atomic E-state index is 2.47. The molecule has 0 aliphatic carbocycles. The maximum Gasteiger partial charge on any atom is 0.0555 e. The average Bonchev–Trinajstić information content (AvgIpc) is 3.83. The summed E-state index contributed by atoms with van der Waals surface area (Å²) in [5.74, 6) is 0. The third-order valence-electron chi connectivity index (χ3n) is 9.82.